The second kappa shape index (κ2) is 7.50. The third-order valence-corrected chi connectivity index (χ3v) is 7.83. The minimum absolute atomic E-state index is 0.121. The van der Waals surface area contributed by atoms with Crippen LogP contribution >= 0.6 is 50.2 Å². The average Bonchev–Trinajstić information content (AvgIpc) is 3.22. The summed E-state index contributed by atoms with van der Waals surface area (Å²) in [7, 11) is 0. The van der Waals surface area contributed by atoms with Crippen molar-refractivity contribution >= 4 is 66.1 Å². The van der Waals surface area contributed by atoms with Crippen LogP contribution in [0.4, 0.5) is 5.69 Å². The van der Waals surface area contributed by atoms with Crippen molar-refractivity contribution < 1.29 is 0 Å². The lowest BCUT2D eigenvalue weighted by Crippen LogP contribution is -2.42. The van der Waals surface area contributed by atoms with Crippen molar-refractivity contribution in [1.29, 1.82) is 0 Å². The zero-order valence-electron chi connectivity index (χ0n) is 13.4. The Hall–Kier alpha value is -0.700. The van der Waals surface area contributed by atoms with Crippen molar-refractivity contribution in [2.45, 2.75) is 31.5 Å². The third-order valence-electron chi connectivity index (χ3n) is 4.40. The van der Waals surface area contributed by atoms with E-state index in [-0.39, 0.29) is 12.1 Å². The Labute approximate surface area is 167 Å². The molecule has 0 aliphatic carbocycles. The molecule has 0 aromatic carbocycles. The normalized spacial score (nSPS) is 20.9. The molecule has 1 aliphatic rings. The fraction of sp³-hybridized carbons (Fsp3) is 0.353. The summed E-state index contributed by atoms with van der Waals surface area (Å²) in [4.78, 5) is 7.03. The zero-order valence-corrected chi connectivity index (χ0v) is 17.4. The van der Waals surface area contributed by atoms with Crippen molar-refractivity contribution in [2.75, 3.05) is 11.9 Å². The van der Waals surface area contributed by atoms with Crippen molar-refractivity contribution in [2.24, 2.45) is 5.73 Å². The van der Waals surface area contributed by atoms with E-state index in [4.69, 9.17) is 17.3 Å². The van der Waals surface area contributed by atoms with Crippen molar-refractivity contribution in [3.05, 3.63) is 43.0 Å². The average molecular weight is 458 g/mol. The molecule has 0 saturated carbocycles. The van der Waals surface area contributed by atoms with E-state index in [0.717, 1.165) is 46.3 Å². The molecule has 4 heterocycles. The maximum absolute atomic E-state index is 6.36. The topological polar surface area (TPSA) is 63.0 Å². The van der Waals surface area contributed by atoms with Gasteiger partial charge in [0.25, 0.3) is 0 Å². The number of nitrogens with zero attached hydrogens (tertiary/aromatic N) is 1. The highest BCUT2D eigenvalue weighted by atomic mass is 79.9. The smallest absolute Gasteiger partial charge is 0.131 e. The molecule has 1 aliphatic heterocycles. The third kappa shape index (κ3) is 3.59. The summed E-state index contributed by atoms with van der Waals surface area (Å²) < 4.78 is 2.12. The van der Waals surface area contributed by atoms with Crippen LogP contribution in [-0.2, 0) is 6.54 Å². The van der Waals surface area contributed by atoms with Crippen molar-refractivity contribution in [3.8, 4) is 0 Å². The first kappa shape index (κ1) is 17.7. The Balaban J connectivity index is 1.72. The second-order valence-corrected chi connectivity index (χ2v) is 9.39. The van der Waals surface area contributed by atoms with Crippen LogP contribution in [0.2, 0.25) is 5.15 Å². The number of nitrogens with two attached hydrogens (primary N) is 1. The summed E-state index contributed by atoms with van der Waals surface area (Å²) in [5.41, 5.74) is 8.28. The molecule has 4 N–H and O–H groups in total. The number of hydrogen-bond acceptors (Lipinski definition) is 6. The zero-order chi connectivity index (χ0) is 17.4. The predicted octanol–water partition coefficient (Wildman–Crippen LogP) is 5.14. The van der Waals surface area contributed by atoms with E-state index in [9.17, 15) is 0 Å². The van der Waals surface area contributed by atoms with E-state index >= 15 is 0 Å². The van der Waals surface area contributed by atoms with Crippen LogP contribution in [0, 0.1) is 0 Å². The Morgan fingerprint density at radius 2 is 2.36 bits per heavy atom. The van der Waals surface area contributed by atoms with Crippen LogP contribution in [0.25, 0.3) is 10.2 Å². The van der Waals surface area contributed by atoms with E-state index in [1.54, 1.807) is 22.7 Å². The first-order valence-corrected chi connectivity index (χ1v) is 11.0. The molecular formula is C17H18BrClN4S2. The van der Waals surface area contributed by atoms with Crippen LogP contribution in [-0.4, -0.2) is 17.6 Å². The standard InChI is InChI=1S/C17H18BrClN4S2/c18-13-15-16(25-17(13)14-10(20)4-1-5-21-14)11(7-12(19)23-15)22-8-9-3-2-6-24-9/h2-3,6-7,10,14,21H,1,4-5,8,20H2,(H,22,23)/t10-,14+/m0/s1. The number of pyridine rings is 1. The lowest BCUT2D eigenvalue weighted by molar-refractivity contribution is 0.362. The highest BCUT2D eigenvalue weighted by Gasteiger charge is 2.28. The number of halogens is 2. The van der Waals surface area contributed by atoms with Gasteiger partial charge in [-0.05, 0) is 46.8 Å². The van der Waals surface area contributed by atoms with Gasteiger partial charge in [0.15, 0.2) is 0 Å². The maximum atomic E-state index is 6.36. The number of anilines is 1. The molecule has 25 heavy (non-hydrogen) atoms. The van der Waals surface area contributed by atoms with E-state index in [1.165, 1.54) is 9.75 Å². The largest absolute Gasteiger partial charge is 0.379 e. The van der Waals surface area contributed by atoms with Crippen LogP contribution in [0.3, 0.4) is 0 Å². The Kier molecular flexibility index (Phi) is 5.31. The predicted molar refractivity (Wildman–Crippen MR) is 112 cm³/mol. The molecule has 0 radical (unpaired) electrons. The molecule has 0 unspecified atom stereocenters. The number of thiophene rings is 2. The van der Waals surface area contributed by atoms with Gasteiger partial charge in [-0.1, -0.05) is 17.7 Å². The van der Waals surface area contributed by atoms with Gasteiger partial charge in [0.2, 0.25) is 0 Å². The van der Waals surface area contributed by atoms with Gasteiger partial charge in [0.1, 0.15) is 5.15 Å². The fourth-order valence-electron chi connectivity index (χ4n) is 3.15. The van der Waals surface area contributed by atoms with Gasteiger partial charge in [-0.3, -0.25) is 0 Å². The van der Waals surface area contributed by atoms with Gasteiger partial charge in [-0.2, -0.15) is 0 Å². The summed E-state index contributed by atoms with van der Waals surface area (Å²) in [6.45, 7) is 1.77. The molecule has 4 nitrogen and oxygen atoms in total. The Morgan fingerprint density at radius 1 is 1.48 bits per heavy atom. The van der Waals surface area contributed by atoms with Gasteiger partial charge in [-0.25, -0.2) is 4.98 Å². The van der Waals surface area contributed by atoms with Gasteiger partial charge in [0.05, 0.1) is 26.4 Å². The van der Waals surface area contributed by atoms with Gasteiger partial charge in [0, 0.05) is 28.4 Å². The summed E-state index contributed by atoms with van der Waals surface area (Å²) in [5.74, 6) is 0. The van der Waals surface area contributed by atoms with Gasteiger partial charge < -0.3 is 16.4 Å². The summed E-state index contributed by atoms with van der Waals surface area (Å²) in [6.07, 6.45) is 2.16. The summed E-state index contributed by atoms with van der Waals surface area (Å²) in [6, 6.07) is 6.37. The maximum Gasteiger partial charge on any atom is 0.131 e. The molecule has 0 bridgehead atoms. The SMILES string of the molecule is N[C@H]1CCCN[C@H]1c1sc2c(NCc3cccs3)cc(Cl)nc2c1Br. The number of hydrogen-bond donors (Lipinski definition) is 3. The van der Waals surface area contributed by atoms with E-state index in [0.29, 0.717) is 5.15 Å². The number of aromatic nitrogens is 1. The molecule has 0 spiro atoms. The molecule has 8 heteroatoms. The van der Waals surface area contributed by atoms with Crippen LogP contribution in [0.5, 0.6) is 0 Å². The van der Waals surface area contributed by atoms with E-state index < -0.39 is 0 Å². The lowest BCUT2D eigenvalue weighted by atomic mass is 9.98. The number of nitrogens with one attached hydrogen (secondary N) is 2. The first-order chi connectivity index (χ1) is 12.1. The molecule has 4 rings (SSSR count). The Morgan fingerprint density at radius 3 is 3.12 bits per heavy atom. The lowest BCUT2D eigenvalue weighted by Gasteiger charge is -2.29. The second-order valence-electron chi connectivity index (χ2n) is 6.12. The number of rotatable bonds is 4. The molecule has 1 fully saturated rings. The minimum Gasteiger partial charge on any atom is -0.379 e. The van der Waals surface area contributed by atoms with Gasteiger partial charge in [-0.15, -0.1) is 22.7 Å². The fourth-order valence-corrected chi connectivity index (χ4v) is 6.18. The van der Waals surface area contributed by atoms with Crippen LogP contribution in [0.1, 0.15) is 28.6 Å². The van der Waals surface area contributed by atoms with Crippen LogP contribution in [0.15, 0.2) is 28.1 Å². The van der Waals surface area contributed by atoms with E-state index in [1.807, 2.05) is 6.07 Å². The van der Waals surface area contributed by atoms with Gasteiger partial charge >= 0.3 is 0 Å². The Bertz CT molecular complexity index is 881. The van der Waals surface area contributed by atoms with Crippen LogP contribution < -0.4 is 16.4 Å². The first-order valence-electron chi connectivity index (χ1n) is 8.17. The number of fused-ring (bicyclic) bond motifs is 1. The van der Waals surface area contributed by atoms with Crippen molar-refractivity contribution in [3.63, 3.8) is 0 Å². The molecule has 0 amide bonds. The molecule has 3 aromatic heterocycles. The quantitative estimate of drug-likeness (QED) is 0.475. The minimum atomic E-state index is 0.121. The molecular weight excluding hydrogens is 440 g/mol. The highest BCUT2D eigenvalue weighted by Crippen LogP contribution is 2.43. The number of piperidine rings is 1. The molecule has 132 valence electrons. The molecule has 2 atom stereocenters. The molecule has 3 aromatic rings. The van der Waals surface area contributed by atoms with E-state index in [2.05, 4.69) is 49.1 Å². The van der Waals surface area contributed by atoms with Crippen molar-refractivity contribution in [1.82, 2.24) is 10.3 Å². The summed E-state index contributed by atoms with van der Waals surface area (Å²) in [5, 5.41) is 9.64. The molecule has 1 saturated heterocycles. The monoisotopic (exact) mass is 456 g/mol. The summed E-state index contributed by atoms with van der Waals surface area (Å²) >= 11 is 13.5. The highest BCUT2D eigenvalue weighted by molar-refractivity contribution is 9.10.